The van der Waals surface area contributed by atoms with E-state index in [1.54, 1.807) is 0 Å². The zero-order valence-corrected chi connectivity index (χ0v) is 14.3. The summed E-state index contributed by atoms with van der Waals surface area (Å²) in [6.07, 6.45) is 2.56. The second kappa shape index (κ2) is 4.17. The number of hydrogen-bond acceptors (Lipinski definition) is 4. The van der Waals surface area contributed by atoms with Gasteiger partial charge in [-0.15, -0.1) is 0 Å². The Balaban J connectivity index is 1.60. The van der Waals surface area contributed by atoms with Crippen molar-refractivity contribution in [3.63, 3.8) is 0 Å². The van der Waals surface area contributed by atoms with E-state index in [9.17, 15) is 10.2 Å². The standard InChI is InChI=1S/C20H26N2O2/c1-3-10-11-8-14-17-20(12-6-4-5-7-13(12)21(17)2)9-15(16(11)18(20)23)22(14)19(10)24/h4-7,10-11,14-19,23-24H,3,8-9H2,1-2H3/t10-,11-,14-,15-,16?,17?,18+,19+,20+/m0/s1. The molecule has 24 heavy (non-hydrogen) atoms. The summed E-state index contributed by atoms with van der Waals surface area (Å²) in [6, 6.07) is 9.70. The van der Waals surface area contributed by atoms with Crippen LogP contribution in [0.2, 0.25) is 0 Å². The lowest BCUT2D eigenvalue weighted by atomic mass is 9.62. The van der Waals surface area contributed by atoms with Crippen molar-refractivity contribution < 1.29 is 10.2 Å². The SMILES string of the molecule is CC[C@H]1[C@@H]2C[C@H]3C4N(C)c5ccccc5[C@]45C[C@@H](C2[C@H]5O)N3[C@@H]1O. The van der Waals surface area contributed by atoms with Crippen LogP contribution < -0.4 is 4.90 Å². The van der Waals surface area contributed by atoms with Crippen molar-refractivity contribution in [2.75, 3.05) is 11.9 Å². The maximum Gasteiger partial charge on any atom is 0.111 e. The summed E-state index contributed by atoms with van der Waals surface area (Å²) < 4.78 is 0. The van der Waals surface area contributed by atoms with Crippen LogP contribution in [0, 0.1) is 17.8 Å². The van der Waals surface area contributed by atoms with E-state index < -0.39 is 0 Å². The zero-order valence-electron chi connectivity index (χ0n) is 14.3. The number of aliphatic hydroxyl groups excluding tert-OH is 2. The van der Waals surface area contributed by atoms with Gasteiger partial charge in [0, 0.05) is 42.1 Å². The van der Waals surface area contributed by atoms with E-state index in [4.69, 9.17) is 0 Å². The van der Waals surface area contributed by atoms with E-state index in [1.165, 1.54) is 11.3 Å². The number of fused-ring (bicyclic) bond motifs is 2. The first-order valence-corrected chi connectivity index (χ1v) is 9.57. The van der Waals surface area contributed by atoms with Gasteiger partial charge in [-0.05, 0) is 36.8 Å². The molecule has 5 aliphatic heterocycles. The number of likely N-dealkylation sites (N-methyl/N-ethyl adjacent to an activating group) is 1. The third-order valence-corrected chi connectivity index (χ3v) is 8.46. The van der Waals surface area contributed by atoms with Crippen molar-refractivity contribution in [3.8, 4) is 0 Å². The van der Waals surface area contributed by atoms with Crippen LogP contribution in [-0.4, -0.2) is 52.6 Å². The molecule has 1 spiro atoms. The molecule has 10 atom stereocenters. The molecule has 5 heterocycles. The van der Waals surface area contributed by atoms with Crippen molar-refractivity contribution >= 4 is 5.69 Å². The topological polar surface area (TPSA) is 46.9 Å². The van der Waals surface area contributed by atoms with Gasteiger partial charge in [0.25, 0.3) is 0 Å². The highest BCUT2D eigenvalue weighted by atomic mass is 16.3. The van der Waals surface area contributed by atoms with Gasteiger partial charge in [-0.1, -0.05) is 25.1 Å². The van der Waals surface area contributed by atoms with E-state index in [1.807, 2.05) is 0 Å². The molecule has 1 aliphatic carbocycles. The molecule has 0 radical (unpaired) electrons. The van der Waals surface area contributed by atoms with Crippen LogP contribution in [0.4, 0.5) is 5.69 Å². The molecule has 128 valence electrons. The Morgan fingerprint density at radius 3 is 2.79 bits per heavy atom. The molecule has 7 rings (SSSR count). The molecule has 4 heteroatoms. The fraction of sp³-hybridized carbons (Fsp3) is 0.700. The normalized spacial score (nSPS) is 55.8. The lowest BCUT2D eigenvalue weighted by Gasteiger charge is -2.62. The Hall–Kier alpha value is -1.10. The predicted octanol–water partition coefficient (Wildman–Crippen LogP) is 1.55. The minimum atomic E-state index is -0.319. The second-order valence-corrected chi connectivity index (χ2v) is 8.81. The molecule has 2 N–H and O–H groups in total. The summed E-state index contributed by atoms with van der Waals surface area (Å²) >= 11 is 0. The van der Waals surface area contributed by atoms with Crippen LogP contribution in [-0.2, 0) is 5.41 Å². The fourth-order valence-corrected chi connectivity index (χ4v) is 7.88. The molecule has 1 aromatic carbocycles. The maximum atomic E-state index is 11.6. The first kappa shape index (κ1) is 14.1. The molecule has 0 aromatic heterocycles. The van der Waals surface area contributed by atoms with Crippen molar-refractivity contribution in [2.45, 2.75) is 62.1 Å². The Bertz CT molecular complexity index is 723. The third kappa shape index (κ3) is 1.20. The summed E-state index contributed by atoms with van der Waals surface area (Å²) in [4.78, 5) is 4.83. The van der Waals surface area contributed by atoms with Gasteiger partial charge in [0.15, 0.2) is 0 Å². The number of benzene rings is 1. The lowest BCUT2D eigenvalue weighted by molar-refractivity contribution is -0.211. The molecular formula is C20H26N2O2. The minimum Gasteiger partial charge on any atom is -0.392 e. The molecule has 5 fully saturated rings. The number of anilines is 1. The summed E-state index contributed by atoms with van der Waals surface area (Å²) in [5.74, 6) is 1.14. The Morgan fingerprint density at radius 2 is 2.00 bits per heavy atom. The van der Waals surface area contributed by atoms with Crippen LogP contribution in [0.15, 0.2) is 24.3 Å². The summed E-state index contributed by atoms with van der Waals surface area (Å²) in [5.41, 5.74) is 2.51. The number of rotatable bonds is 1. The Kier molecular flexibility index (Phi) is 2.45. The van der Waals surface area contributed by atoms with Crippen molar-refractivity contribution in [1.82, 2.24) is 4.90 Å². The van der Waals surface area contributed by atoms with Crippen LogP contribution >= 0.6 is 0 Å². The number of nitrogens with zero attached hydrogens (tertiary/aromatic N) is 2. The van der Waals surface area contributed by atoms with Crippen LogP contribution in [0.3, 0.4) is 0 Å². The van der Waals surface area contributed by atoms with Crippen molar-refractivity contribution in [2.24, 2.45) is 17.8 Å². The summed E-state index contributed by atoms with van der Waals surface area (Å²) in [7, 11) is 2.19. The molecular weight excluding hydrogens is 300 g/mol. The Labute approximate surface area is 143 Å². The molecule has 1 saturated carbocycles. The average Bonchev–Trinajstić information content (AvgIpc) is 2.97. The van der Waals surface area contributed by atoms with Crippen molar-refractivity contribution in [3.05, 3.63) is 29.8 Å². The van der Waals surface area contributed by atoms with Crippen LogP contribution in [0.1, 0.15) is 31.7 Å². The molecule has 6 aliphatic rings. The first-order valence-electron chi connectivity index (χ1n) is 9.57. The second-order valence-electron chi connectivity index (χ2n) is 8.81. The van der Waals surface area contributed by atoms with Gasteiger partial charge in [-0.2, -0.15) is 0 Å². The van der Waals surface area contributed by atoms with Gasteiger partial charge in [0.05, 0.1) is 12.1 Å². The van der Waals surface area contributed by atoms with E-state index in [-0.39, 0.29) is 17.7 Å². The number of aliphatic hydroxyl groups is 2. The molecule has 1 aromatic rings. The number of para-hydroxylation sites is 1. The summed E-state index contributed by atoms with van der Waals surface area (Å²) in [5, 5.41) is 22.6. The molecule has 0 amide bonds. The molecule has 4 saturated heterocycles. The predicted molar refractivity (Wildman–Crippen MR) is 91.7 cm³/mol. The molecule has 5 bridgehead atoms. The molecule has 3 unspecified atom stereocenters. The zero-order chi connectivity index (χ0) is 16.4. The lowest BCUT2D eigenvalue weighted by Crippen LogP contribution is -2.72. The van der Waals surface area contributed by atoms with Gasteiger partial charge in [-0.3, -0.25) is 4.90 Å². The smallest absolute Gasteiger partial charge is 0.111 e. The van der Waals surface area contributed by atoms with Crippen LogP contribution in [0.25, 0.3) is 0 Å². The van der Waals surface area contributed by atoms with Crippen LogP contribution in [0.5, 0.6) is 0 Å². The quantitative estimate of drug-likeness (QED) is 0.822. The highest BCUT2D eigenvalue weighted by molar-refractivity contribution is 5.67. The van der Waals surface area contributed by atoms with Gasteiger partial charge in [0.2, 0.25) is 0 Å². The van der Waals surface area contributed by atoms with Gasteiger partial charge < -0.3 is 15.1 Å². The van der Waals surface area contributed by atoms with Gasteiger partial charge in [-0.25, -0.2) is 0 Å². The highest BCUT2D eigenvalue weighted by Gasteiger charge is 2.76. The maximum absolute atomic E-state index is 11.6. The highest BCUT2D eigenvalue weighted by Crippen LogP contribution is 2.68. The number of hydrogen-bond donors (Lipinski definition) is 2. The third-order valence-electron chi connectivity index (χ3n) is 8.46. The fourth-order valence-electron chi connectivity index (χ4n) is 7.88. The number of piperidine rings is 4. The first-order chi connectivity index (χ1) is 11.6. The van der Waals surface area contributed by atoms with E-state index in [0.29, 0.717) is 35.9 Å². The summed E-state index contributed by atoms with van der Waals surface area (Å²) in [6.45, 7) is 2.19. The van der Waals surface area contributed by atoms with Gasteiger partial charge >= 0.3 is 0 Å². The Morgan fingerprint density at radius 1 is 1.21 bits per heavy atom. The minimum absolute atomic E-state index is 0.126. The largest absolute Gasteiger partial charge is 0.392 e. The monoisotopic (exact) mass is 326 g/mol. The average molecular weight is 326 g/mol. The van der Waals surface area contributed by atoms with E-state index in [2.05, 4.69) is 48.0 Å². The van der Waals surface area contributed by atoms with Crippen molar-refractivity contribution in [1.29, 1.82) is 0 Å². The van der Waals surface area contributed by atoms with E-state index in [0.717, 1.165) is 19.3 Å². The van der Waals surface area contributed by atoms with E-state index >= 15 is 0 Å². The molecule has 4 nitrogen and oxygen atoms in total. The van der Waals surface area contributed by atoms with Gasteiger partial charge in [0.1, 0.15) is 6.23 Å².